The Hall–Kier alpha value is -1.97. The predicted molar refractivity (Wildman–Crippen MR) is 104 cm³/mol. The smallest absolute Gasteiger partial charge is 0.243 e. The fraction of sp³-hybridized carbons (Fsp3) is 0.444. The highest BCUT2D eigenvalue weighted by atomic mass is 32.2. The molecule has 2 aliphatic heterocycles. The lowest BCUT2D eigenvalue weighted by atomic mass is 10.2. The fourth-order valence-electron chi connectivity index (χ4n) is 3.70. The Morgan fingerprint density at radius 2 is 1.81 bits per heavy atom. The number of benzene rings is 1. The molecule has 0 N–H and O–H groups in total. The monoisotopic (exact) mass is 406 g/mol. The van der Waals surface area contributed by atoms with E-state index < -0.39 is 16.1 Å². The number of amides is 1. The van der Waals surface area contributed by atoms with E-state index in [9.17, 15) is 13.2 Å². The number of carbonyl (C=O) groups excluding carboxylic acids is 1. The lowest BCUT2D eigenvalue weighted by Crippen LogP contribution is -2.54. The van der Waals surface area contributed by atoms with Crippen LogP contribution < -0.4 is 4.90 Å². The molecule has 9 heteroatoms. The van der Waals surface area contributed by atoms with Crippen molar-refractivity contribution < 1.29 is 13.2 Å². The van der Waals surface area contributed by atoms with Gasteiger partial charge in [0.25, 0.3) is 0 Å². The third-order valence-electron chi connectivity index (χ3n) is 5.12. The number of aromatic nitrogens is 1. The number of nitrogens with zero attached hydrogens (tertiary/aromatic N) is 4. The van der Waals surface area contributed by atoms with Gasteiger partial charge in [-0.2, -0.15) is 4.31 Å². The molecule has 1 amide bonds. The van der Waals surface area contributed by atoms with Crippen LogP contribution in [-0.4, -0.2) is 67.3 Å². The highest BCUT2D eigenvalue weighted by Crippen LogP contribution is 2.28. The fourth-order valence-corrected chi connectivity index (χ4v) is 6.07. The van der Waals surface area contributed by atoms with Crippen LogP contribution in [-0.2, 0) is 14.8 Å². The molecule has 0 aliphatic carbocycles. The largest absolute Gasteiger partial charge is 0.345 e. The number of hydrogen-bond acceptors (Lipinski definition) is 6. The van der Waals surface area contributed by atoms with Gasteiger partial charge in [0.15, 0.2) is 5.13 Å². The van der Waals surface area contributed by atoms with E-state index in [1.54, 1.807) is 52.8 Å². The Balaban J connectivity index is 1.46. The highest BCUT2D eigenvalue weighted by molar-refractivity contribution is 7.89. The normalized spacial score (nSPS) is 21.6. The topological polar surface area (TPSA) is 73.8 Å². The van der Waals surface area contributed by atoms with E-state index in [1.807, 2.05) is 5.38 Å². The van der Waals surface area contributed by atoms with Gasteiger partial charge in [-0.1, -0.05) is 18.2 Å². The minimum Gasteiger partial charge on any atom is -0.345 e. The molecule has 3 heterocycles. The molecule has 0 saturated carbocycles. The first kappa shape index (κ1) is 18.4. The van der Waals surface area contributed by atoms with E-state index in [2.05, 4.69) is 9.88 Å². The van der Waals surface area contributed by atoms with E-state index in [0.29, 0.717) is 32.5 Å². The molecule has 144 valence electrons. The SMILES string of the molecule is O=C([C@@H]1CCCN1S(=O)(=O)c1ccccc1)N1CCN(c2nccs2)CC1. The van der Waals surface area contributed by atoms with E-state index in [4.69, 9.17) is 0 Å². The molecule has 1 aromatic heterocycles. The van der Waals surface area contributed by atoms with Crippen molar-refractivity contribution >= 4 is 32.4 Å². The van der Waals surface area contributed by atoms with Crippen LogP contribution in [0.15, 0.2) is 46.8 Å². The average Bonchev–Trinajstić information content (AvgIpc) is 3.40. The lowest BCUT2D eigenvalue weighted by molar-refractivity contribution is -0.134. The number of hydrogen-bond donors (Lipinski definition) is 0. The minimum absolute atomic E-state index is 0.0780. The molecule has 2 fully saturated rings. The molecule has 0 bridgehead atoms. The summed E-state index contributed by atoms with van der Waals surface area (Å²) in [4.78, 5) is 21.6. The van der Waals surface area contributed by atoms with Gasteiger partial charge < -0.3 is 9.80 Å². The van der Waals surface area contributed by atoms with Gasteiger partial charge in [0.2, 0.25) is 15.9 Å². The zero-order valence-corrected chi connectivity index (χ0v) is 16.5. The standard InChI is InChI=1S/C18H22N4O3S2/c23-17(20-10-12-21(13-11-20)18-19-8-14-26-18)16-7-4-9-22(16)27(24,25)15-5-2-1-3-6-15/h1-3,5-6,8,14,16H,4,7,9-13H2/t16-/m0/s1. The van der Waals surface area contributed by atoms with Crippen LogP contribution in [0.1, 0.15) is 12.8 Å². The van der Waals surface area contributed by atoms with Gasteiger partial charge in [0.1, 0.15) is 6.04 Å². The van der Waals surface area contributed by atoms with E-state index >= 15 is 0 Å². The Morgan fingerprint density at radius 1 is 1.07 bits per heavy atom. The molecule has 27 heavy (non-hydrogen) atoms. The molecule has 4 rings (SSSR count). The predicted octanol–water partition coefficient (Wildman–Crippen LogP) is 1.64. The van der Waals surface area contributed by atoms with E-state index in [1.165, 1.54) is 4.31 Å². The highest BCUT2D eigenvalue weighted by Gasteiger charge is 2.41. The van der Waals surface area contributed by atoms with Crippen molar-refractivity contribution in [3.8, 4) is 0 Å². The summed E-state index contributed by atoms with van der Waals surface area (Å²) in [5.41, 5.74) is 0. The number of rotatable bonds is 4. The molecule has 7 nitrogen and oxygen atoms in total. The van der Waals surface area contributed by atoms with Gasteiger partial charge in [-0.05, 0) is 25.0 Å². The van der Waals surface area contributed by atoms with Crippen LogP contribution in [0.2, 0.25) is 0 Å². The van der Waals surface area contributed by atoms with Gasteiger partial charge in [0, 0.05) is 44.3 Å². The third-order valence-corrected chi connectivity index (χ3v) is 7.87. The number of piperazine rings is 1. The Kier molecular flexibility index (Phi) is 5.16. The summed E-state index contributed by atoms with van der Waals surface area (Å²) in [6.07, 6.45) is 3.07. The molecule has 0 radical (unpaired) electrons. The van der Waals surface area contributed by atoms with E-state index in [-0.39, 0.29) is 10.8 Å². The maximum Gasteiger partial charge on any atom is 0.243 e. The Labute approximate surface area is 163 Å². The molecule has 2 aromatic rings. The molecular formula is C18H22N4O3S2. The van der Waals surface area contributed by atoms with Crippen molar-refractivity contribution in [1.29, 1.82) is 0 Å². The zero-order chi connectivity index (χ0) is 18.9. The second-order valence-electron chi connectivity index (χ2n) is 6.71. The summed E-state index contributed by atoms with van der Waals surface area (Å²) in [5.74, 6) is -0.0780. The van der Waals surface area contributed by atoms with E-state index in [0.717, 1.165) is 18.2 Å². The molecule has 0 spiro atoms. The number of carbonyl (C=O) groups is 1. The van der Waals surface area contributed by atoms with Crippen molar-refractivity contribution in [2.45, 2.75) is 23.8 Å². The maximum atomic E-state index is 13.1. The summed E-state index contributed by atoms with van der Waals surface area (Å²) in [6, 6.07) is 7.77. The van der Waals surface area contributed by atoms with Crippen molar-refractivity contribution in [1.82, 2.24) is 14.2 Å². The molecule has 0 unspecified atom stereocenters. The second-order valence-corrected chi connectivity index (χ2v) is 9.48. The van der Waals surface area contributed by atoms with Crippen molar-refractivity contribution in [2.24, 2.45) is 0 Å². The summed E-state index contributed by atoms with van der Waals surface area (Å²) in [6.45, 7) is 3.02. The molecule has 1 atom stereocenters. The van der Waals surface area contributed by atoms with Crippen LogP contribution >= 0.6 is 11.3 Å². The van der Waals surface area contributed by atoms with Crippen LogP contribution in [0.25, 0.3) is 0 Å². The van der Waals surface area contributed by atoms with Crippen molar-refractivity contribution in [3.05, 3.63) is 41.9 Å². The molecular weight excluding hydrogens is 384 g/mol. The lowest BCUT2D eigenvalue weighted by Gasteiger charge is -2.37. The van der Waals surface area contributed by atoms with Crippen molar-refractivity contribution in [2.75, 3.05) is 37.6 Å². The molecule has 2 saturated heterocycles. The summed E-state index contributed by atoms with van der Waals surface area (Å²) >= 11 is 1.59. The van der Waals surface area contributed by atoms with Crippen LogP contribution in [0.3, 0.4) is 0 Å². The zero-order valence-electron chi connectivity index (χ0n) is 14.9. The summed E-state index contributed by atoms with van der Waals surface area (Å²) < 4.78 is 27.3. The Bertz CT molecular complexity index is 879. The average molecular weight is 407 g/mol. The number of thiazole rings is 1. The van der Waals surface area contributed by atoms with Gasteiger partial charge in [0.05, 0.1) is 4.90 Å². The van der Waals surface area contributed by atoms with Gasteiger partial charge in [-0.15, -0.1) is 11.3 Å². The first-order valence-electron chi connectivity index (χ1n) is 9.07. The van der Waals surface area contributed by atoms with Crippen LogP contribution in [0, 0.1) is 0 Å². The summed E-state index contributed by atoms with van der Waals surface area (Å²) in [7, 11) is -3.65. The number of anilines is 1. The Morgan fingerprint density at radius 3 is 2.48 bits per heavy atom. The van der Waals surface area contributed by atoms with Gasteiger partial charge >= 0.3 is 0 Å². The van der Waals surface area contributed by atoms with Crippen LogP contribution in [0.4, 0.5) is 5.13 Å². The number of sulfonamides is 1. The maximum absolute atomic E-state index is 13.1. The third kappa shape index (κ3) is 3.59. The first-order chi connectivity index (χ1) is 13.1. The quantitative estimate of drug-likeness (QED) is 0.772. The first-order valence-corrected chi connectivity index (χ1v) is 11.4. The van der Waals surface area contributed by atoms with Crippen LogP contribution in [0.5, 0.6) is 0 Å². The van der Waals surface area contributed by atoms with Gasteiger partial charge in [-0.3, -0.25) is 4.79 Å². The molecule has 1 aromatic carbocycles. The van der Waals surface area contributed by atoms with Crippen molar-refractivity contribution in [3.63, 3.8) is 0 Å². The minimum atomic E-state index is -3.65. The van der Waals surface area contributed by atoms with Gasteiger partial charge in [-0.25, -0.2) is 13.4 Å². The second kappa shape index (κ2) is 7.57. The molecule has 2 aliphatic rings. The summed E-state index contributed by atoms with van der Waals surface area (Å²) in [5, 5.41) is 2.91.